The molecule has 2 saturated carbocycles. The van der Waals surface area contributed by atoms with Gasteiger partial charge in [-0.1, -0.05) is 19.3 Å². The molecule has 2 aliphatic rings. The number of nitrogen functional groups attached to an aromatic ring is 1. The van der Waals surface area contributed by atoms with E-state index in [4.69, 9.17) is 10.5 Å². The van der Waals surface area contributed by atoms with Gasteiger partial charge in [-0.15, -0.1) is 0 Å². The zero-order valence-corrected chi connectivity index (χ0v) is 23.9. The molecule has 0 bridgehead atoms. The molecule has 10 heteroatoms. The van der Waals surface area contributed by atoms with Crippen LogP contribution >= 0.6 is 0 Å². The number of carbonyl (C=O) groups is 2. The molecule has 2 aliphatic carbocycles. The van der Waals surface area contributed by atoms with E-state index < -0.39 is 46.3 Å². The van der Waals surface area contributed by atoms with E-state index in [2.05, 4.69) is 5.32 Å². The summed E-state index contributed by atoms with van der Waals surface area (Å²) in [6, 6.07) is 8.64. The predicted molar refractivity (Wildman–Crippen MR) is 157 cm³/mol. The Morgan fingerprint density at radius 1 is 0.907 bits per heavy atom. The number of ether oxygens (including phenoxy) is 1. The van der Waals surface area contributed by atoms with Gasteiger partial charge < -0.3 is 15.8 Å². The van der Waals surface area contributed by atoms with E-state index in [1.807, 2.05) is 0 Å². The normalized spacial score (nSPS) is 16.7. The molecule has 0 spiro atoms. The van der Waals surface area contributed by atoms with Gasteiger partial charge in [0.1, 0.15) is 29.5 Å². The van der Waals surface area contributed by atoms with E-state index in [1.54, 1.807) is 0 Å². The second-order valence-corrected chi connectivity index (χ2v) is 11.5. The van der Waals surface area contributed by atoms with Crippen LogP contribution in [0.15, 0.2) is 53.3 Å². The molecule has 228 valence electrons. The number of hydrogen-bond acceptors (Lipinski definition) is 6. The van der Waals surface area contributed by atoms with E-state index in [1.165, 1.54) is 18.2 Å². The van der Waals surface area contributed by atoms with Gasteiger partial charge in [0, 0.05) is 11.6 Å². The Labute approximate surface area is 248 Å². The van der Waals surface area contributed by atoms with Crippen LogP contribution in [0.25, 0.3) is 5.69 Å². The summed E-state index contributed by atoms with van der Waals surface area (Å²) in [4.78, 5) is 38.8. The van der Waals surface area contributed by atoms with Crippen LogP contribution < -0.4 is 16.6 Å². The fourth-order valence-corrected chi connectivity index (χ4v) is 6.23. The lowest BCUT2D eigenvalue weighted by Gasteiger charge is -2.30. The smallest absolute Gasteiger partial charge is 0.323 e. The van der Waals surface area contributed by atoms with E-state index >= 15 is 8.78 Å². The minimum Gasteiger partial charge on any atom is -0.461 e. The molecule has 1 atom stereocenters. The number of carbonyl (C=O) groups excluding carboxylic acids is 2. The molecule has 7 nitrogen and oxygen atoms in total. The quantitative estimate of drug-likeness (QED) is 0.233. The van der Waals surface area contributed by atoms with Crippen LogP contribution in [0.3, 0.4) is 0 Å². The fraction of sp³-hybridized carbons (Fsp3) is 0.424. The van der Waals surface area contributed by atoms with E-state index in [0.717, 1.165) is 88.1 Å². The van der Waals surface area contributed by atoms with Crippen LogP contribution in [0.4, 0.5) is 19.0 Å². The highest BCUT2D eigenvalue weighted by molar-refractivity contribution is 6.11. The molecule has 0 unspecified atom stereocenters. The van der Waals surface area contributed by atoms with Gasteiger partial charge in [0.2, 0.25) is 0 Å². The number of nitrogens with one attached hydrogen (secondary N) is 1. The average Bonchev–Trinajstić information content (AvgIpc) is 3.50. The number of nitrogens with zero attached hydrogens (tertiary/aromatic N) is 1. The average molecular weight is 596 g/mol. The number of benzene rings is 2. The fourth-order valence-electron chi connectivity index (χ4n) is 6.23. The molecular formula is C33H36F3N3O4. The Balaban J connectivity index is 1.33. The maximum absolute atomic E-state index is 15.4. The van der Waals surface area contributed by atoms with Crippen LogP contribution in [-0.2, 0) is 16.0 Å². The third-order valence-electron chi connectivity index (χ3n) is 8.52. The summed E-state index contributed by atoms with van der Waals surface area (Å²) < 4.78 is 50.6. The minimum atomic E-state index is -1.03. The largest absolute Gasteiger partial charge is 0.461 e. The van der Waals surface area contributed by atoms with Crippen molar-refractivity contribution < 1.29 is 27.5 Å². The summed E-state index contributed by atoms with van der Waals surface area (Å²) in [6.07, 6.45) is 9.14. The van der Waals surface area contributed by atoms with Gasteiger partial charge in [-0.25, -0.2) is 13.2 Å². The summed E-state index contributed by atoms with van der Waals surface area (Å²) in [6.45, 7) is 0.295. The molecule has 0 aliphatic heterocycles. The first-order valence-electron chi connectivity index (χ1n) is 15.0. The monoisotopic (exact) mass is 595 g/mol. The SMILES string of the molecule is Nc1c(C(=O)c2ccc(F)cc2)ccc(=O)n1-c1c(F)cc(CCN[C@H](C(=O)OC2CCCC2)C2CCCCC2)cc1F. The number of anilines is 1. The van der Waals surface area contributed by atoms with E-state index in [9.17, 15) is 18.8 Å². The van der Waals surface area contributed by atoms with E-state index in [0.29, 0.717) is 16.7 Å². The van der Waals surface area contributed by atoms with Crippen LogP contribution in [0.2, 0.25) is 0 Å². The molecule has 0 saturated heterocycles. The topological polar surface area (TPSA) is 103 Å². The van der Waals surface area contributed by atoms with Crippen molar-refractivity contribution in [3.8, 4) is 5.69 Å². The first-order valence-corrected chi connectivity index (χ1v) is 15.0. The third-order valence-corrected chi connectivity index (χ3v) is 8.52. The molecule has 1 heterocycles. The number of ketones is 1. The maximum atomic E-state index is 15.4. The molecule has 2 fully saturated rings. The molecule has 0 radical (unpaired) electrons. The lowest BCUT2D eigenvalue weighted by molar-refractivity contribution is -0.153. The van der Waals surface area contributed by atoms with Crippen LogP contribution in [0.1, 0.15) is 79.3 Å². The van der Waals surface area contributed by atoms with Crippen molar-refractivity contribution in [3.05, 3.63) is 93.0 Å². The highest BCUT2D eigenvalue weighted by Gasteiger charge is 2.32. The van der Waals surface area contributed by atoms with Crippen molar-refractivity contribution in [2.75, 3.05) is 12.3 Å². The molecular weight excluding hydrogens is 559 g/mol. The minimum absolute atomic E-state index is 0.0449. The Kier molecular flexibility index (Phi) is 9.65. The Morgan fingerprint density at radius 3 is 2.19 bits per heavy atom. The molecule has 2 aromatic carbocycles. The highest BCUT2D eigenvalue weighted by atomic mass is 19.1. The molecule has 43 heavy (non-hydrogen) atoms. The van der Waals surface area contributed by atoms with Crippen LogP contribution in [0.5, 0.6) is 0 Å². The van der Waals surface area contributed by atoms with Gasteiger partial charge in [0.15, 0.2) is 17.4 Å². The molecule has 3 aromatic rings. The highest BCUT2D eigenvalue weighted by Crippen LogP contribution is 2.29. The van der Waals surface area contributed by atoms with Crippen LogP contribution in [-0.4, -0.2) is 35.0 Å². The number of pyridine rings is 1. The van der Waals surface area contributed by atoms with Crippen molar-refractivity contribution >= 4 is 17.6 Å². The number of hydrogen-bond donors (Lipinski definition) is 2. The van der Waals surface area contributed by atoms with Crippen molar-refractivity contribution in [2.24, 2.45) is 5.92 Å². The van der Waals surface area contributed by atoms with E-state index in [-0.39, 0.29) is 35.5 Å². The molecule has 5 rings (SSSR count). The van der Waals surface area contributed by atoms with Gasteiger partial charge in [-0.3, -0.25) is 19.0 Å². The number of esters is 1. The van der Waals surface area contributed by atoms with Gasteiger partial charge in [-0.2, -0.15) is 0 Å². The van der Waals surface area contributed by atoms with Crippen molar-refractivity contribution in [2.45, 2.75) is 76.4 Å². The first kappa shape index (κ1) is 30.5. The summed E-state index contributed by atoms with van der Waals surface area (Å²) in [5.41, 5.74) is 4.85. The van der Waals surface area contributed by atoms with Gasteiger partial charge in [0.05, 0.1) is 5.56 Å². The zero-order valence-electron chi connectivity index (χ0n) is 23.9. The summed E-state index contributed by atoms with van der Waals surface area (Å²) >= 11 is 0. The van der Waals surface area contributed by atoms with Crippen molar-refractivity contribution in [3.63, 3.8) is 0 Å². The second-order valence-electron chi connectivity index (χ2n) is 11.5. The van der Waals surface area contributed by atoms with Gasteiger partial charge in [-0.05, 0) is 105 Å². The molecule has 1 aromatic heterocycles. The second kappa shape index (κ2) is 13.6. The number of rotatable bonds is 10. The Bertz CT molecular complexity index is 1500. The Hall–Kier alpha value is -3.92. The standard InChI is InChI=1S/C33H36F3N3O4/c34-23-12-10-22(11-13-23)31(41)25-14-15-28(40)39(32(25)37)30-26(35)18-20(19-27(30)36)16-17-38-29(21-6-2-1-3-7-21)33(42)43-24-8-4-5-9-24/h10-15,18-19,21,24,29,38H,1-9,16-17,37H2/t29-/m0/s1. The lowest BCUT2D eigenvalue weighted by Crippen LogP contribution is -2.46. The first-order chi connectivity index (χ1) is 20.7. The van der Waals surface area contributed by atoms with Crippen molar-refractivity contribution in [1.29, 1.82) is 0 Å². The predicted octanol–water partition coefficient (Wildman–Crippen LogP) is 5.63. The maximum Gasteiger partial charge on any atom is 0.323 e. The van der Waals surface area contributed by atoms with Gasteiger partial charge in [0.25, 0.3) is 5.56 Å². The van der Waals surface area contributed by atoms with Crippen LogP contribution in [0, 0.1) is 23.4 Å². The third kappa shape index (κ3) is 7.01. The molecule has 0 amide bonds. The van der Waals surface area contributed by atoms with Gasteiger partial charge >= 0.3 is 5.97 Å². The molecule has 3 N–H and O–H groups in total. The number of nitrogens with two attached hydrogens (primary N) is 1. The summed E-state index contributed by atoms with van der Waals surface area (Å²) in [5.74, 6) is -3.77. The summed E-state index contributed by atoms with van der Waals surface area (Å²) in [5, 5.41) is 3.30. The lowest BCUT2D eigenvalue weighted by atomic mass is 9.83. The zero-order chi connectivity index (χ0) is 30.5. The summed E-state index contributed by atoms with van der Waals surface area (Å²) in [7, 11) is 0. The number of aromatic nitrogens is 1. The van der Waals surface area contributed by atoms with Crippen molar-refractivity contribution in [1.82, 2.24) is 9.88 Å². The Morgan fingerprint density at radius 2 is 1.53 bits per heavy atom. The number of halogens is 3.